The summed E-state index contributed by atoms with van der Waals surface area (Å²) < 4.78 is 12.9. The van der Waals surface area contributed by atoms with Crippen molar-refractivity contribution in [3.05, 3.63) is 58.4 Å². The van der Waals surface area contributed by atoms with Crippen molar-refractivity contribution in [1.29, 1.82) is 0 Å². The minimum absolute atomic E-state index is 0.337. The minimum Gasteiger partial charge on any atom is -0.497 e. The number of esters is 1. The minimum atomic E-state index is -0.392. The summed E-state index contributed by atoms with van der Waals surface area (Å²) in [4.78, 5) is 29.5. The monoisotopic (exact) mass is 416 g/mol. The summed E-state index contributed by atoms with van der Waals surface area (Å²) in [5, 5.41) is 0. The van der Waals surface area contributed by atoms with Gasteiger partial charge in [-0.1, -0.05) is 17.4 Å². The van der Waals surface area contributed by atoms with Crippen LogP contribution in [0.5, 0.6) is 5.75 Å². The first kappa shape index (κ1) is 20.2. The van der Waals surface area contributed by atoms with Gasteiger partial charge in [-0.3, -0.25) is 4.79 Å². The smallest absolute Gasteiger partial charge is 0.337 e. The number of aromatic nitrogens is 1. The number of methoxy groups -OCH3 is 2. The number of thiazole rings is 1. The van der Waals surface area contributed by atoms with Gasteiger partial charge in [-0.25, -0.2) is 4.79 Å². The molecule has 0 saturated heterocycles. The molecule has 3 aromatic rings. The second-order valence-corrected chi connectivity index (χ2v) is 7.85. The van der Waals surface area contributed by atoms with E-state index in [2.05, 4.69) is 4.99 Å². The number of fused-ring (bicyclic) bond motifs is 1. The zero-order chi connectivity index (χ0) is 20.1. The van der Waals surface area contributed by atoms with Crippen LogP contribution in [0.3, 0.4) is 0 Å². The molecule has 0 aliphatic carbocycles. The number of carbonyl (C=O) groups excluding carboxylic acids is 2. The molecule has 0 aliphatic rings. The number of carbonyl (C=O) groups is 2. The van der Waals surface area contributed by atoms with Crippen LogP contribution in [0.4, 0.5) is 0 Å². The van der Waals surface area contributed by atoms with Crippen molar-refractivity contribution >= 4 is 45.2 Å². The van der Waals surface area contributed by atoms with Gasteiger partial charge in [0.25, 0.3) is 5.91 Å². The van der Waals surface area contributed by atoms with E-state index in [0.717, 1.165) is 16.0 Å². The number of benzene rings is 2. The first-order valence-corrected chi connectivity index (χ1v) is 10.7. The Morgan fingerprint density at radius 3 is 2.68 bits per heavy atom. The summed E-state index contributed by atoms with van der Waals surface area (Å²) in [7, 11) is 2.91. The van der Waals surface area contributed by atoms with Gasteiger partial charge in [0, 0.05) is 17.9 Å². The Balaban J connectivity index is 2.10. The molecule has 1 aromatic heterocycles. The molecule has 3 rings (SSSR count). The van der Waals surface area contributed by atoms with Crippen LogP contribution in [0.15, 0.2) is 47.5 Å². The Kier molecular flexibility index (Phi) is 6.53. The maximum Gasteiger partial charge on any atom is 0.337 e. The topological polar surface area (TPSA) is 69.9 Å². The Morgan fingerprint density at radius 1 is 1.14 bits per heavy atom. The van der Waals surface area contributed by atoms with Crippen LogP contribution < -0.4 is 9.54 Å². The molecule has 0 radical (unpaired) electrons. The van der Waals surface area contributed by atoms with E-state index in [4.69, 9.17) is 9.47 Å². The summed E-state index contributed by atoms with van der Waals surface area (Å²) in [6, 6.07) is 12.3. The van der Waals surface area contributed by atoms with Crippen molar-refractivity contribution in [1.82, 2.24) is 4.57 Å². The fourth-order valence-electron chi connectivity index (χ4n) is 2.71. The number of hydrogen-bond acceptors (Lipinski definition) is 6. The predicted molar refractivity (Wildman–Crippen MR) is 112 cm³/mol. The first-order valence-electron chi connectivity index (χ1n) is 8.51. The van der Waals surface area contributed by atoms with Gasteiger partial charge < -0.3 is 14.0 Å². The van der Waals surface area contributed by atoms with E-state index in [-0.39, 0.29) is 5.91 Å². The summed E-state index contributed by atoms with van der Waals surface area (Å²) in [5.74, 6) is 0.759. The summed E-state index contributed by atoms with van der Waals surface area (Å²) in [6.07, 6.45) is 2.03. The maximum atomic E-state index is 12.7. The quantitative estimate of drug-likeness (QED) is 0.574. The van der Waals surface area contributed by atoms with Crippen molar-refractivity contribution < 1.29 is 19.1 Å². The number of hydrogen-bond donors (Lipinski definition) is 0. The lowest BCUT2D eigenvalue weighted by atomic mass is 10.2. The molecular weight excluding hydrogens is 396 g/mol. The van der Waals surface area contributed by atoms with E-state index in [9.17, 15) is 9.59 Å². The van der Waals surface area contributed by atoms with Crippen molar-refractivity contribution in [3.63, 3.8) is 0 Å². The van der Waals surface area contributed by atoms with Gasteiger partial charge in [-0.15, -0.1) is 0 Å². The van der Waals surface area contributed by atoms with E-state index in [0.29, 0.717) is 28.2 Å². The lowest BCUT2D eigenvalue weighted by Crippen LogP contribution is -2.18. The van der Waals surface area contributed by atoms with E-state index >= 15 is 0 Å². The third-order valence-corrected chi connectivity index (χ3v) is 5.77. The van der Waals surface area contributed by atoms with Crippen LogP contribution >= 0.6 is 23.1 Å². The molecule has 1 heterocycles. The first-order chi connectivity index (χ1) is 13.6. The molecule has 0 fully saturated rings. The highest BCUT2D eigenvalue weighted by atomic mass is 32.2. The fourth-order valence-corrected chi connectivity index (χ4v) is 4.17. The van der Waals surface area contributed by atoms with Crippen LogP contribution in [-0.4, -0.2) is 42.7 Å². The standard InChI is InChI=1S/C20H20N2O4S2/c1-25-15-6-4-5-13(11-15)18(23)21-20-22(9-10-27-3)16-8-7-14(19(24)26-2)12-17(16)28-20/h4-8,11-12H,9-10H2,1-3H3. The Bertz CT molecular complexity index is 1090. The Labute approximate surface area is 170 Å². The second kappa shape index (κ2) is 9.07. The number of nitrogens with zero attached hydrogens (tertiary/aromatic N) is 2. The lowest BCUT2D eigenvalue weighted by molar-refractivity contribution is 0.0601. The third-order valence-electron chi connectivity index (χ3n) is 4.14. The maximum absolute atomic E-state index is 12.7. The number of aryl methyl sites for hydroxylation is 1. The number of thioether (sulfide) groups is 1. The van der Waals surface area contributed by atoms with Crippen LogP contribution in [0, 0.1) is 0 Å². The van der Waals surface area contributed by atoms with Gasteiger partial charge >= 0.3 is 5.97 Å². The average Bonchev–Trinajstić information content (AvgIpc) is 3.07. The van der Waals surface area contributed by atoms with Gasteiger partial charge in [0.05, 0.1) is 30.0 Å². The summed E-state index contributed by atoms with van der Waals surface area (Å²) in [6.45, 7) is 0.711. The van der Waals surface area contributed by atoms with Crippen LogP contribution in [-0.2, 0) is 11.3 Å². The van der Waals surface area contributed by atoms with E-state index in [1.807, 2.05) is 16.9 Å². The van der Waals surface area contributed by atoms with Gasteiger partial charge in [0.2, 0.25) is 0 Å². The molecule has 0 aliphatic heterocycles. The molecular formula is C20H20N2O4S2. The van der Waals surface area contributed by atoms with Crippen LogP contribution in [0.1, 0.15) is 20.7 Å². The SMILES string of the molecule is COC(=O)c1ccc2c(c1)sc(=NC(=O)c1cccc(OC)c1)n2CCSC. The van der Waals surface area contributed by atoms with Gasteiger partial charge in [-0.2, -0.15) is 16.8 Å². The third kappa shape index (κ3) is 4.28. The largest absolute Gasteiger partial charge is 0.497 e. The molecule has 28 heavy (non-hydrogen) atoms. The van der Waals surface area contributed by atoms with Gasteiger partial charge in [0.1, 0.15) is 5.75 Å². The molecule has 146 valence electrons. The normalized spacial score (nSPS) is 11.6. The molecule has 0 bridgehead atoms. The Morgan fingerprint density at radius 2 is 1.96 bits per heavy atom. The molecule has 0 atom stereocenters. The average molecular weight is 417 g/mol. The lowest BCUT2D eigenvalue weighted by Gasteiger charge is -2.05. The zero-order valence-electron chi connectivity index (χ0n) is 15.8. The van der Waals surface area contributed by atoms with E-state index < -0.39 is 5.97 Å². The van der Waals surface area contributed by atoms with Crippen molar-refractivity contribution in [2.45, 2.75) is 6.54 Å². The van der Waals surface area contributed by atoms with Crippen molar-refractivity contribution in [2.24, 2.45) is 4.99 Å². The van der Waals surface area contributed by atoms with E-state index in [1.54, 1.807) is 55.3 Å². The molecule has 0 N–H and O–H groups in total. The Hall–Kier alpha value is -2.58. The molecule has 2 aromatic carbocycles. The molecule has 6 nitrogen and oxygen atoms in total. The molecule has 0 unspecified atom stereocenters. The number of amides is 1. The highest BCUT2D eigenvalue weighted by molar-refractivity contribution is 7.98. The highest BCUT2D eigenvalue weighted by Crippen LogP contribution is 2.21. The van der Waals surface area contributed by atoms with Gasteiger partial charge in [-0.05, 0) is 42.7 Å². The summed E-state index contributed by atoms with van der Waals surface area (Å²) >= 11 is 3.09. The molecule has 0 spiro atoms. The highest BCUT2D eigenvalue weighted by Gasteiger charge is 2.13. The number of ether oxygens (including phenoxy) is 2. The van der Waals surface area contributed by atoms with Gasteiger partial charge in [0.15, 0.2) is 4.80 Å². The van der Waals surface area contributed by atoms with Crippen LogP contribution in [0.2, 0.25) is 0 Å². The number of rotatable bonds is 6. The molecule has 1 amide bonds. The summed E-state index contributed by atoms with van der Waals surface area (Å²) in [5.41, 5.74) is 1.87. The molecule has 8 heteroatoms. The predicted octanol–water partition coefficient (Wildman–Crippen LogP) is 3.60. The van der Waals surface area contributed by atoms with Crippen molar-refractivity contribution in [3.8, 4) is 5.75 Å². The van der Waals surface area contributed by atoms with Crippen LogP contribution in [0.25, 0.3) is 10.2 Å². The van der Waals surface area contributed by atoms with Crippen molar-refractivity contribution in [2.75, 3.05) is 26.2 Å². The fraction of sp³-hybridized carbons (Fsp3) is 0.250. The second-order valence-electron chi connectivity index (χ2n) is 5.85. The van der Waals surface area contributed by atoms with E-state index in [1.165, 1.54) is 18.4 Å². The molecule has 0 saturated carbocycles. The zero-order valence-corrected chi connectivity index (χ0v) is 17.4.